The zero-order chi connectivity index (χ0) is 10.1. The predicted octanol–water partition coefficient (Wildman–Crippen LogP) is 0.722. The van der Waals surface area contributed by atoms with E-state index in [9.17, 15) is 0 Å². The van der Waals surface area contributed by atoms with Crippen LogP contribution in [0.3, 0.4) is 0 Å². The number of hydrogen-bond acceptors (Lipinski definition) is 3. The Morgan fingerprint density at radius 1 is 1.46 bits per heavy atom. The molecule has 0 bridgehead atoms. The second kappa shape index (κ2) is 8.48. The number of hydrogen-bond donors (Lipinski definition) is 3. The highest BCUT2D eigenvalue weighted by atomic mass is 16.3. The summed E-state index contributed by atoms with van der Waals surface area (Å²) in [6, 6.07) is 0.409. The van der Waals surface area contributed by atoms with E-state index in [2.05, 4.69) is 19.2 Å². The summed E-state index contributed by atoms with van der Waals surface area (Å²) in [4.78, 5) is 0. The van der Waals surface area contributed by atoms with E-state index >= 15 is 0 Å². The fourth-order valence-electron chi connectivity index (χ4n) is 1.54. The van der Waals surface area contributed by atoms with Crippen molar-refractivity contribution in [2.75, 3.05) is 19.7 Å². The number of nitrogens with two attached hydrogens (primary N) is 1. The molecule has 3 nitrogen and oxygen atoms in total. The first-order valence-corrected chi connectivity index (χ1v) is 5.30. The summed E-state index contributed by atoms with van der Waals surface area (Å²) in [5.74, 6) is 0.633. The number of aliphatic hydroxyl groups excluding tert-OH is 1. The lowest BCUT2D eigenvalue weighted by Gasteiger charge is -2.23. The molecule has 2 atom stereocenters. The van der Waals surface area contributed by atoms with Gasteiger partial charge in [0.05, 0.1) is 0 Å². The molecule has 0 heterocycles. The molecule has 4 N–H and O–H groups in total. The Balaban J connectivity index is 3.60. The molecule has 0 aromatic heterocycles. The SMILES string of the molecule is CCCC(C)C(CN)NCCCO. The molecular weight excluding hydrogens is 164 g/mol. The van der Waals surface area contributed by atoms with Gasteiger partial charge < -0.3 is 16.2 Å². The van der Waals surface area contributed by atoms with Gasteiger partial charge in [-0.15, -0.1) is 0 Å². The minimum atomic E-state index is 0.256. The van der Waals surface area contributed by atoms with Gasteiger partial charge in [0.2, 0.25) is 0 Å². The van der Waals surface area contributed by atoms with E-state index in [1.54, 1.807) is 0 Å². The van der Waals surface area contributed by atoms with Crippen LogP contribution in [0.15, 0.2) is 0 Å². The first-order chi connectivity index (χ1) is 6.26. The van der Waals surface area contributed by atoms with E-state index in [0.717, 1.165) is 13.0 Å². The molecule has 0 saturated carbocycles. The van der Waals surface area contributed by atoms with Gasteiger partial charge in [-0.3, -0.25) is 0 Å². The Hall–Kier alpha value is -0.120. The Morgan fingerprint density at radius 3 is 2.62 bits per heavy atom. The summed E-state index contributed by atoms with van der Waals surface area (Å²) < 4.78 is 0. The Morgan fingerprint density at radius 2 is 2.15 bits per heavy atom. The van der Waals surface area contributed by atoms with Gasteiger partial charge in [0.1, 0.15) is 0 Å². The molecule has 0 rings (SSSR count). The van der Waals surface area contributed by atoms with Crippen LogP contribution < -0.4 is 11.1 Å². The average molecular weight is 188 g/mol. The zero-order valence-electron chi connectivity index (χ0n) is 8.92. The van der Waals surface area contributed by atoms with Gasteiger partial charge in [-0.25, -0.2) is 0 Å². The van der Waals surface area contributed by atoms with Gasteiger partial charge in [0.15, 0.2) is 0 Å². The van der Waals surface area contributed by atoms with Crippen LogP contribution in [0.5, 0.6) is 0 Å². The van der Waals surface area contributed by atoms with Crippen LogP contribution >= 0.6 is 0 Å². The second-order valence-electron chi connectivity index (χ2n) is 3.64. The van der Waals surface area contributed by atoms with E-state index in [4.69, 9.17) is 10.8 Å². The predicted molar refractivity (Wildman–Crippen MR) is 56.6 cm³/mol. The molecule has 80 valence electrons. The van der Waals surface area contributed by atoms with Crippen molar-refractivity contribution in [3.8, 4) is 0 Å². The minimum absolute atomic E-state index is 0.256. The van der Waals surface area contributed by atoms with Gasteiger partial charge in [-0.2, -0.15) is 0 Å². The molecule has 0 spiro atoms. The van der Waals surface area contributed by atoms with Crippen molar-refractivity contribution in [2.24, 2.45) is 11.7 Å². The van der Waals surface area contributed by atoms with Crippen molar-refractivity contribution < 1.29 is 5.11 Å². The van der Waals surface area contributed by atoms with E-state index in [1.807, 2.05) is 0 Å². The molecule has 0 aliphatic carbocycles. The molecule has 3 heteroatoms. The first-order valence-electron chi connectivity index (χ1n) is 5.30. The van der Waals surface area contributed by atoms with Gasteiger partial charge in [-0.1, -0.05) is 20.3 Å². The molecule has 13 heavy (non-hydrogen) atoms. The topological polar surface area (TPSA) is 58.3 Å². The van der Waals surface area contributed by atoms with Gasteiger partial charge in [-0.05, 0) is 25.3 Å². The van der Waals surface area contributed by atoms with Crippen LogP contribution in [0.4, 0.5) is 0 Å². The maximum atomic E-state index is 8.62. The lowest BCUT2D eigenvalue weighted by molar-refractivity contribution is 0.275. The van der Waals surface area contributed by atoms with Crippen molar-refractivity contribution in [3.05, 3.63) is 0 Å². The van der Waals surface area contributed by atoms with Gasteiger partial charge in [0.25, 0.3) is 0 Å². The third-order valence-corrected chi connectivity index (χ3v) is 2.43. The molecule has 0 amide bonds. The third-order valence-electron chi connectivity index (χ3n) is 2.43. The summed E-state index contributed by atoms with van der Waals surface area (Å²) in [6.07, 6.45) is 3.24. The molecule has 0 aromatic carbocycles. The van der Waals surface area contributed by atoms with E-state index in [1.165, 1.54) is 12.8 Å². The fraction of sp³-hybridized carbons (Fsp3) is 1.00. The van der Waals surface area contributed by atoms with Crippen molar-refractivity contribution in [3.63, 3.8) is 0 Å². The summed E-state index contributed by atoms with van der Waals surface area (Å²) in [5.41, 5.74) is 5.66. The van der Waals surface area contributed by atoms with Crippen molar-refractivity contribution in [1.29, 1.82) is 0 Å². The molecule has 0 saturated heterocycles. The molecular formula is C10H24N2O. The van der Waals surface area contributed by atoms with Crippen LogP contribution in [-0.4, -0.2) is 30.8 Å². The normalized spacial score (nSPS) is 15.7. The van der Waals surface area contributed by atoms with Gasteiger partial charge in [0, 0.05) is 19.2 Å². The monoisotopic (exact) mass is 188 g/mol. The lowest BCUT2D eigenvalue weighted by atomic mass is 9.97. The zero-order valence-corrected chi connectivity index (χ0v) is 8.92. The van der Waals surface area contributed by atoms with Gasteiger partial charge >= 0.3 is 0 Å². The van der Waals surface area contributed by atoms with Crippen LogP contribution in [0.1, 0.15) is 33.1 Å². The summed E-state index contributed by atoms with van der Waals surface area (Å²) >= 11 is 0. The number of rotatable bonds is 8. The van der Waals surface area contributed by atoms with Crippen molar-refractivity contribution >= 4 is 0 Å². The van der Waals surface area contributed by atoms with E-state index in [-0.39, 0.29) is 6.61 Å². The van der Waals surface area contributed by atoms with Crippen molar-refractivity contribution in [1.82, 2.24) is 5.32 Å². The number of nitrogens with one attached hydrogen (secondary N) is 1. The number of aliphatic hydroxyl groups is 1. The van der Waals surface area contributed by atoms with Crippen LogP contribution in [0.25, 0.3) is 0 Å². The summed E-state index contributed by atoms with van der Waals surface area (Å²) in [7, 11) is 0. The average Bonchev–Trinajstić information content (AvgIpc) is 2.13. The molecule has 0 aliphatic rings. The first kappa shape index (κ1) is 12.9. The Bertz CT molecular complexity index is 109. The maximum absolute atomic E-state index is 8.62. The molecule has 2 unspecified atom stereocenters. The van der Waals surface area contributed by atoms with E-state index < -0.39 is 0 Å². The molecule has 0 fully saturated rings. The highest BCUT2D eigenvalue weighted by Gasteiger charge is 2.13. The van der Waals surface area contributed by atoms with E-state index in [0.29, 0.717) is 18.5 Å². The summed E-state index contributed by atoms with van der Waals surface area (Å²) in [6.45, 7) is 6.23. The van der Waals surface area contributed by atoms with Crippen LogP contribution in [0, 0.1) is 5.92 Å². The highest BCUT2D eigenvalue weighted by molar-refractivity contribution is 4.73. The molecule has 0 radical (unpaired) electrons. The Labute approximate surface area is 81.7 Å². The maximum Gasteiger partial charge on any atom is 0.0443 e. The quantitative estimate of drug-likeness (QED) is 0.492. The molecule has 0 aromatic rings. The summed E-state index contributed by atoms with van der Waals surface area (Å²) in [5, 5.41) is 12.0. The smallest absolute Gasteiger partial charge is 0.0443 e. The third kappa shape index (κ3) is 6.02. The molecule has 0 aliphatic heterocycles. The van der Waals surface area contributed by atoms with Crippen molar-refractivity contribution in [2.45, 2.75) is 39.2 Å². The Kier molecular flexibility index (Phi) is 8.40. The van der Waals surface area contributed by atoms with Crippen LogP contribution in [0.2, 0.25) is 0 Å². The lowest BCUT2D eigenvalue weighted by Crippen LogP contribution is -2.41. The largest absolute Gasteiger partial charge is 0.396 e. The van der Waals surface area contributed by atoms with Crippen LogP contribution in [-0.2, 0) is 0 Å². The fourth-order valence-corrected chi connectivity index (χ4v) is 1.54. The second-order valence-corrected chi connectivity index (χ2v) is 3.64. The minimum Gasteiger partial charge on any atom is -0.396 e. The standard InChI is InChI=1S/C10H24N2O/c1-3-5-9(2)10(8-11)12-6-4-7-13/h9-10,12-13H,3-8,11H2,1-2H3. The highest BCUT2D eigenvalue weighted by Crippen LogP contribution is 2.09.